The molecule has 2 aliphatic carbocycles. The van der Waals surface area contributed by atoms with Gasteiger partial charge in [0, 0.05) is 31.9 Å². The average Bonchev–Trinajstić information content (AvgIpc) is 3.25. The van der Waals surface area contributed by atoms with E-state index in [9.17, 15) is 9.50 Å². The third kappa shape index (κ3) is 3.23. The summed E-state index contributed by atoms with van der Waals surface area (Å²) in [6.45, 7) is 0. The molecule has 2 saturated carbocycles. The van der Waals surface area contributed by atoms with Gasteiger partial charge in [0.15, 0.2) is 0 Å². The van der Waals surface area contributed by atoms with Crippen LogP contribution in [0.1, 0.15) is 43.1 Å². The molecule has 0 spiro atoms. The van der Waals surface area contributed by atoms with E-state index < -0.39 is 5.60 Å². The predicted molar refractivity (Wildman–Crippen MR) is 89.9 cm³/mol. The summed E-state index contributed by atoms with van der Waals surface area (Å²) in [5.74, 6) is 1.50. The van der Waals surface area contributed by atoms with Gasteiger partial charge in [0.1, 0.15) is 11.6 Å². The number of hydrogen-bond acceptors (Lipinski definition) is 3. The third-order valence-electron chi connectivity index (χ3n) is 5.32. The Hall–Kier alpha value is -1.72. The quantitative estimate of drug-likeness (QED) is 0.857. The SMILES string of the molecule is Cn1ccnc1C(NC1CC(O)(Cc2cccc(F)c2)C1)C1CC1. The summed E-state index contributed by atoms with van der Waals surface area (Å²) in [4.78, 5) is 4.50. The molecule has 0 saturated heterocycles. The van der Waals surface area contributed by atoms with Crippen molar-refractivity contribution in [2.24, 2.45) is 13.0 Å². The van der Waals surface area contributed by atoms with Gasteiger partial charge in [-0.1, -0.05) is 12.1 Å². The Bertz CT molecular complexity index is 719. The molecule has 4 rings (SSSR count). The van der Waals surface area contributed by atoms with Gasteiger partial charge in [-0.3, -0.25) is 0 Å². The number of imidazole rings is 1. The molecule has 0 aliphatic heterocycles. The van der Waals surface area contributed by atoms with Crippen LogP contribution in [0.3, 0.4) is 0 Å². The van der Waals surface area contributed by atoms with E-state index in [1.807, 2.05) is 25.5 Å². The maximum atomic E-state index is 13.3. The standard InChI is InChI=1S/C19H24FN3O/c1-23-8-7-21-18(23)17(14-5-6-14)22-16-11-19(24,12-16)10-13-3-2-4-15(20)9-13/h2-4,7-9,14,16-17,22,24H,5-6,10-12H2,1H3. The molecule has 2 fully saturated rings. The van der Waals surface area contributed by atoms with Crippen LogP contribution in [0, 0.1) is 11.7 Å². The molecule has 1 aromatic carbocycles. The lowest BCUT2D eigenvalue weighted by molar-refractivity contribution is -0.0586. The second-order valence-electron chi connectivity index (χ2n) is 7.51. The summed E-state index contributed by atoms with van der Waals surface area (Å²) >= 11 is 0. The number of hydrogen-bond donors (Lipinski definition) is 2. The second-order valence-corrected chi connectivity index (χ2v) is 7.51. The topological polar surface area (TPSA) is 50.1 Å². The van der Waals surface area contributed by atoms with Crippen molar-refractivity contribution in [2.45, 2.75) is 49.8 Å². The molecule has 0 radical (unpaired) electrons. The van der Waals surface area contributed by atoms with Gasteiger partial charge in [-0.2, -0.15) is 0 Å². The molecule has 0 amide bonds. The molecular weight excluding hydrogens is 305 g/mol. The number of aryl methyl sites for hydroxylation is 1. The fourth-order valence-electron chi connectivity index (χ4n) is 3.93. The minimum Gasteiger partial charge on any atom is -0.389 e. The Morgan fingerprint density at radius 2 is 2.21 bits per heavy atom. The molecule has 128 valence electrons. The van der Waals surface area contributed by atoms with Crippen LogP contribution in [0.2, 0.25) is 0 Å². The van der Waals surface area contributed by atoms with Gasteiger partial charge in [-0.25, -0.2) is 9.37 Å². The zero-order valence-corrected chi connectivity index (χ0v) is 14.0. The lowest BCUT2D eigenvalue weighted by Gasteiger charge is -2.45. The van der Waals surface area contributed by atoms with Gasteiger partial charge in [0.05, 0.1) is 11.6 Å². The highest BCUT2D eigenvalue weighted by atomic mass is 19.1. The van der Waals surface area contributed by atoms with Crippen molar-refractivity contribution in [3.8, 4) is 0 Å². The molecule has 1 heterocycles. The fourth-order valence-corrected chi connectivity index (χ4v) is 3.93. The number of nitrogens with one attached hydrogen (secondary N) is 1. The molecule has 1 atom stereocenters. The predicted octanol–water partition coefficient (Wildman–Crippen LogP) is 2.74. The first-order valence-electron chi connectivity index (χ1n) is 8.72. The monoisotopic (exact) mass is 329 g/mol. The van der Waals surface area contributed by atoms with Gasteiger partial charge < -0.3 is 15.0 Å². The Balaban J connectivity index is 1.37. The lowest BCUT2D eigenvalue weighted by atomic mass is 9.72. The van der Waals surface area contributed by atoms with E-state index in [2.05, 4.69) is 14.9 Å². The normalized spacial score (nSPS) is 27.7. The first-order valence-corrected chi connectivity index (χ1v) is 8.72. The van der Waals surface area contributed by atoms with Crippen LogP contribution in [0.5, 0.6) is 0 Å². The Labute approximate surface area is 141 Å². The van der Waals surface area contributed by atoms with Gasteiger partial charge in [-0.15, -0.1) is 0 Å². The largest absolute Gasteiger partial charge is 0.389 e. The summed E-state index contributed by atoms with van der Waals surface area (Å²) < 4.78 is 15.4. The van der Waals surface area contributed by atoms with E-state index in [-0.39, 0.29) is 11.9 Å². The Morgan fingerprint density at radius 3 is 2.83 bits per heavy atom. The minimum atomic E-state index is -0.721. The van der Waals surface area contributed by atoms with Crippen molar-refractivity contribution in [1.29, 1.82) is 0 Å². The van der Waals surface area contributed by atoms with Crippen molar-refractivity contribution in [3.63, 3.8) is 0 Å². The van der Waals surface area contributed by atoms with Crippen molar-refractivity contribution in [2.75, 3.05) is 0 Å². The van der Waals surface area contributed by atoms with Crippen molar-refractivity contribution >= 4 is 0 Å². The first-order chi connectivity index (χ1) is 11.5. The summed E-state index contributed by atoms with van der Waals surface area (Å²) in [5, 5.41) is 14.4. The van der Waals surface area contributed by atoms with Crippen LogP contribution < -0.4 is 5.32 Å². The number of rotatable bonds is 6. The highest BCUT2D eigenvalue weighted by molar-refractivity contribution is 5.20. The van der Waals surface area contributed by atoms with E-state index in [1.165, 1.54) is 25.0 Å². The maximum absolute atomic E-state index is 13.3. The van der Waals surface area contributed by atoms with Gasteiger partial charge in [0.25, 0.3) is 0 Å². The van der Waals surface area contributed by atoms with Crippen molar-refractivity contribution in [3.05, 3.63) is 53.9 Å². The number of benzene rings is 1. The summed E-state index contributed by atoms with van der Waals surface area (Å²) in [5.41, 5.74) is 0.139. The van der Waals surface area contributed by atoms with E-state index in [4.69, 9.17) is 0 Å². The van der Waals surface area contributed by atoms with E-state index >= 15 is 0 Å². The number of aliphatic hydroxyl groups is 1. The van der Waals surface area contributed by atoms with Crippen LogP contribution in [-0.4, -0.2) is 26.3 Å². The highest BCUT2D eigenvalue weighted by Crippen LogP contribution is 2.43. The molecule has 0 bridgehead atoms. The molecule has 2 aromatic rings. The van der Waals surface area contributed by atoms with Gasteiger partial charge in [0.2, 0.25) is 0 Å². The molecule has 5 heteroatoms. The summed E-state index contributed by atoms with van der Waals surface area (Å²) in [7, 11) is 2.03. The zero-order chi connectivity index (χ0) is 16.7. The van der Waals surface area contributed by atoms with Crippen LogP contribution in [0.4, 0.5) is 4.39 Å². The van der Waals surface area contributed by atoms with Crippen molar-refractivity contribution in [1.82, 2.24) is 14.9 Å². The molecule has 2 N–H and O–H groups in total. The van der Waals surface area contributed by atoms with Gasteiger partial charge >= 0.3 is 0 Å². The molecular formula is C19H24FN3O. The van der Waals surface area contributed by atoms with E-state index in [0.29, 0.717) is 31.2 Å². The third-order valence-corrected chi connectivity index (χ3v) is 5.32. The number of nitrogens with zero attached hydrogens (tertiary/aromatic N) is 2. The summed E-state index contributed by atoms with van der Waals surface area (Å²) in [6.07, 6.45) is 8.23. The smallest absolute Gasteiger partial charge is 0.125 e. The van der Waals surface area contributed by atoms with E-state index in [0.717, 1.165) is 11.4 Å². The molecule has 4 nitrogen and oxygen atoms in total. The van der Waals surface area contributed by atoms with Crippen LogP contribution >= 0.6 is 0 Å². The molecule has 1 unspecified atom stereocenters. The van der Waals surface area contributed by atoms with E-state index in [1.54, 1.807) is 6.07 Å². The molecule has 24 heavy (non-hydrogen) atoms. The molecule has 1 aromatic heterocycles. The Morgan fingerprint density at radius 1 is 1.42 bits per heavy atom. The zero-order valence-electron chi connectivity index (χ0n) is 14.0. The average molecular weight is 329 g/mol. The number of halogens is 1. The summed E-state index contributed by atoms with van der Waals surface area (Å²) in [6, 6.07) is 7.10. The maximum Gasteiger partial charge on any atom is 0.125 e. The lowest BCUT2D eigenvalue weighted by Crippen LogP contribution is -2.55. The second kappa shape index (κ2) is 5.97. The first kappa shape index (κ1) is 15.8. The van der Waals surface area contributed by atoms with Crippen LogP contribution in [0.15, 0.2) is 36.7 Å². The van der Waals surface area contributed by atoms with Crippen LogP contribution in [0.25, 0.3) is 0 Å². The number of aromatic nitrogens is 2. The fraction of sp³-hybridized carbons (Fsp3) is 0.526. The van der Waals surface area contributed by atoms with Crippen molar-refractivity contribution < 1.29 is 9.50 Å². The Kier molecular flexibility index (Phi) is 3.93. The molecule has 2 aliphatic rings. The highest BCUT2D eigenvalue weighted by Gasteiger charge is 2.45. The minimum absolute atomic E-state index is 0.242. The van der Waals surface area contributed by atoms with Gasteiger partial charge in [-0.05, 0) is 49.3 Å². The van der Waals surface area contributed by atoms with Crippen LogP contribution in [-0.2, 0) is 13.5 Å².